The Balaban J connectivity index is 3.09. The molecular weight excluding hydrogens is 257 g/mol. The van der Waals surface area contributed by atoms with Gasteiger partial charge in [-0.25, -0.2) is 4.39 Å². The van der Waals surface area contributed by atoms with Gasteiger partial charge in [-0.3, -0.25) is 0 Å². The molecule has 15 heavy (non-hydrogen) atoms. The van der Waals surface area contributed by atoms with Crippen LogP contribution in [0.3, 0.4) is 0 Å². The highest BCUT2D eigenvalue weighted by atomic mass is 79.9. The fraction of sp³-hybridized carbons (Fsp3) is 0.333. The zero-order chi connectivity index (χ0) is 11.4. The monoisotopic (exact) mass is 271 g/mol. The molecule has 0 saturated heterocycles. The van der Waals surface area contributed by atoms with Crippen molar-refractivity contribution >= 4 is 15.9 Å². The van der Waals surface area contributed by atoms with Crippen molar-refractivity contribution < 1.29 is 4.39 Å². The van der Waals surface area contributed by atoms with Crippen molar-refractivity contribution in [3.8, 4) is 0 Å². The van der Waals surface area contributed by atoms with Crippen LogP contribution in [0, 0.1) is 5.82 Å². The Morgan fingerprint density at radius 2 is 2.27 bits per heavy atom. The zero-order valence-electron chi connectivity index (χ0n) is 8.98. The Hall–Kier alpha value is -0.670. The van der Waals surface area contributed by atoms with Crippen LogP contribution in [0.15, 0.2) is 34.8 Å². The Bertz CT molecular complexity index is 363. The van der Waals surface area contributed by atoms with Crippen molar-refractivity contribution in [2.24, 2.45) is 0 Å². The van der Waals surface area contributed by atoms with Crippen LogP contribution >= 0.6 is 15.9 Å². The van der Waals surface area contributed by atoms with Crippen LogP contribution in [-0.2, 0) is 0 Å². The maximum atomic E-state index is 13.1. The molecule has 1 rings (SSSR count). The van der Waals surface area contributed by atoms with Crippen molar-refractivity contribution in [2.45, 2.75) is 19.9 Å². The van der Waals surface area contributed by atoms with Gasteiger partial charge in [0, 0.05) is 4.47 Å². The molecule has 1 nitrogen and oxygen atoms in total. The number of nitrogens with one attached hydrogen (secondary N) is 1. The van der Waals surface area contributed by atoms with Gasteiger partial charge in [0.25, 0.3) is 0 Å². The second-order valence-electron chi connectivity index (χ2n) is 3.50. The van der Waals surface area contributed by atoms with E-state index in [-0.39, 0.29) is 11.9 Å². The van der Waals surface area contributed by atoms with Crippen molar-refractivity contribution in [2.75, 3.05) is 6.54 Å². The third-order valence-electron chi connectivity index (χ3n) is 2.17. The fourth-order valence-corrected chi connectivity index (χ4v) is 1.97. The van der Waals surface area contributed by atoms with Gasteiger partial charge in [0.05, 0.1) is 6.04 Å². The van der Waals surface area contributed by atoms with Crippen LogP contribution in [0.25, 0.3) is 0 Å². The fourth-order valence-electron chi connectivity index (χ4n) is 1.49. The highest BCUT2D eigenvalue weighted by Crippen LogP contribution is 2.28. The SMILES string of the molecule is C=C(C)C(NCC)c1cc(F)ccc1Br. The standard InChI is InChI=1S/C12H15BrFN/c1-4-15-12(8(2)3)10-7-9(14)5-6-11(10)13/h5-7,12,15H,2,4H2,1,3H3. The van der Waals surface area contributed by atoms with Crippen LogP contribution in [0.4, 0.5) is 4.39 Å². The van der Waals surface area contributed by atoms with E-state index < -0.39 is 0 Å². The highest BCUT2D eigenvalue weighted by molar-refractivity contribution is 9.10. The first-order valence-electron chi connectivity index (χ1n) is 4.90. The Kier molecular flexibility index (Phi) is 4.48. The van der Waals surface area contributed by atoms with Crippen LogP contribution in [0.1, 0.15) is 25.5 Å². The molecule has 1 aromatic carbocycles. The molecule has 82 valence electrons. The summed E-state index contributed by atoms with van der Waals surface area (Å²) in [6.07, 6.45) is 0. The molecule has 1 unspecified atom stereocenters. The molecule has 0 aromatic heterocycles. The molecular formula is C12H15BrFN. The first kappa shape index (κ1) is 12.4. The van der Waals surface area contributed by atoms with E-state index >= 15 is 0 Å². The number of hydrogen-bond acceptors (Lipinski definition) is 1. The van der Waals surface area contributed by atoms with Crippen molar-refractivity contribution in [3.05, 3.63) is 46.2 Å². The first-order valence-corrected chi connectivity index (χ1v) is 5.69. The zero-order valence-corrected chi connectivity index (χ0v) is 10.6. The molecule has 0 fully saturated rings. The van der Waals surface area contributed by atoms with E-state index in [1.54, 1.807) is 6.07 Å². The average Bonchev–Trinajstić information content (AvgIpc) is 2.18. The summed E-state index contributed by atoms with van der Waals surface area (Å²) in [6, 6.07) is 4.69. The largest absolute Gasteiger partial charge is 0.307 e. The van der Waals surface area contributed by atoms with Crippen LogP contribution in [0.5, 0.6) is 0 Å². The van der Waals surface area contributed by atoms with E-state index in [1.807, 2.05) is 13.8 Å². The first-order chi connectivity index (χ1) is 7.06. The maximum absolute atomic E-state index is 13.1. The van der Waals surface area contributed by atoms with E-state index in [2.05, 4.69) is 27.8 Å². The summed E-state index contributed by atoms with van der Waals surface area (Å²) in [6.45, 7) is 8.69. The third-order valence-corrected chi connectivity index (χ3v) is 2.89. The minimum atomic E-state index is -0.225. The molecule has 3 heteroatoms. The van der Waals surface area contributed by atoms with Crippen molar-refractivity contribution in [3.63, 3.8) is 0 Å². The summed E-state index contributed by atoms with van der Waals surface area (Å²) >= 11 is 3.42. The van der Waals surface area contributed by atoms with Gasteiger partial charge in [0.15, 0.2) is 0 Å². The summed E-state index contributed by atoms with van der Waals surface area (Å²) in [5.41, 5.74) is 1.87. The number of likely N-dealkylation sites (N-methyl/N-ethyl adjacent to an activating group) is 1. The maximum Gasteiger partial charge on any atom is 0.123 e. The normalized spacial score (nSPS) is 12.5. The number of benzene rings is 1. The highest BCUT2D eigenvalue weighted by Gasteiger charge is 2.14. The van der Waals surface area contributed by atoms with Gasteiger partial charge < -0.3 is 5.32 Å². The topological polar surface area (TPSA) is 12.0 Å². The van der Waals surface area contributed by atoms with Gasteiger partial charge in [-0.2, -0.15) is 0 Å². The molecule has 0 aliphatic carbocycles. The summed E-state index contributed by atoms with van der Waals surface area (Å²) in [5.74, 6) is -0.225. The molecule has 0 bridgehead atoms. The second-order valence-corrected chi connectivity index (χ2v) is 4.36. The molecule has 0 radical (unpaired) electrons. The minimum Gasteiger partial charge on any atom is -0.307 e. The predicted molar refractivity (Wildman–Crippen MR) is 65.3 cm³/mol. The van der Waals surface area contributed by atoms with E-state index in [4.69, 9.17) is 0 Å². The minimum absolute atomic E-state index is 0.0000694. The Morgan fingerprint density at radius 3 is 2.80 bits per heavy atom. The molecule has 0 spiro atoms. The van der Waals surface area contributed by atoms with E-state index in [0.717, 1.165) is 22.2 Å². The van der Waals surface area contributed by atoms with Gasteiger partial charge in [-0.15, -0.1) is 0 Å². The molecule has 0 heterocycles. The number of halogens is 2. The lowest BCUT2D eigenvalue weighted by Crippen LogP contribution is -2.22. The molecule has 0 aliphatic heterocycles. The average molecular weight is 272 g/mol. The van der Waals surface area contributed by atoms with Gasteiger partial charge in [0.1, 0.15) is 5.82 Å². The molecule has 1 aromatic rings. The lowest BCUT2D eigenvalue weighted by atomic mass is 10.0. The quantitative estimate of drug-likeness (QED) is 0.822. The smallest absolute Gasteiger partial charge is 0.123 e. The lowest BCUT2D eigenvalue weighted by Gasteiger charge is -2.19. The summed E-state index contributed by atoms with van der Waals surface area (Å²) in [7, 11) is 0. The predicted octanol–water partition coefficient (Wildman–Crippen LogP) is 3.81. The van der Waals surface area contributed by atoms with Crippen molar-refractivity contribution in [1.29, 1.82) is 0 Å². The van der Waals surface area contributed by atoms with E-state index in [9.17, 15) is 4.39 Å². The summed E-state index contributed by atoms with van der Waals surface area (Å²) < 4.78 is 14.0. The molecule has 0 amide bonds. The second kappa shape index (κ2) is 5.42. The molecule has 0 saturated carbocycles. The van der Waals surface area contributed by atoms with Crippen LogP contribution < -0.4 is 5.32 Å². The van der Waals surface area contributed by atoms with Gasteiger partial charge >= 0.3 is 0 Å². The van der Waals surface area contributed by atoms with Gasteiger partial charge in [0.2, 0.25) is 0 Å². The van der Waals surface area contributed by atoms with Crippen LogP contribution in [-0.4, -0.2) is 6.54 Å². The Labute approximate surface area is 98.5 Å². The number of rotatable bonds is 4. The van der Waals surface area contributed by atoms with Gasteiger partial charge in [-0.05, 0) is 37.2 Å². The third kappa shape index (κ3) is 3.14. The molecule has 0 aliphatic rings. The Morgan fingerprint density at radius 1 is 1.60 bits per heavy atom. The molecule has 1 N–H and O–H groups in total. The van der Waals surface area contributed by atoms with E-state index in [0.29, 0.717) is 0 Å². The lowest BCUT2D eigenvalue weighted by molar-refractivity contribution is 0.596. The summed E-state index contributed by atoms with van der Waals surface area (Å²) in [4.78, 5) is 0. The van der Waals surface area contributed by atoms with Crippen molar-refractivity contribution in [1.82, 2.24) is 5.32 Å². The van der Waals surface area contributed by atoms with E-state index in [1.165, 1.54) is 12.1 Å². The van der Waals surface area contributed by atoms with Gasteiger partial charge in [-0.1, -0.05) is 35.0 Å². The van der Waals surface area contributed by atoms with Crippen LogP contribution in [0.2, 0.25) is 0 Å². The summed E-state index contributed by atoms with van der Waals surface area (Å²) in [5, 5.41) is 3.27. The number of hydrogen-bond donors (Lipinski definition) is 1. The molecule has 1 atom stereocenters.